The first kappa shape index (κ1) is 15.9. The van der Waals surface area contributed by atoms with Gasteiger partial charge in [-0.05, 0) is 79.1 Å². The molecule has 0 aromatic heterocycles. The Morgan fingerprint density at radius 3 is 2.74 bits per heavy atom. The van der Waals surface area contributed by atoms with Crippen LogP contribution in [0.25, 0.3) is 0 Å². The maximum atomic E-state index is 11.9. The second-order valence-electron chi connectivity index (χ2n) is 9.34. The lowest BCUT2D eigenvalue weighted by Crippen LogP contribution is -2.52. The molecule has 0 aromatic rings. The van der Waals surface area contributed by atoms with E-state index in [9.17, 15) is 9.90 Å². The van der Waals surface area contributed by atoms with Crippen molar-refractivity contribution in [1.82, 2.24) is 0 Å². The lowest BCUT2D eigenvalue weighted by Gasteiger charge is -2.58. The van der Waals surface area contributed by atoms with Gasteiger partial charge in [-0.2, -0.15) is 0 Å². The standard InChI is InChI=1S/C21H32O2/c1-4-13-12-18(23)19-16-6-5-14-11-15(22)7-9-20(14,2)17(16)8-10-21(13,19)3/h11,13,16-19,23H,4-10,12H2,1-3H3/t13-,16+,17-,18-,19+,20-,21+/m0/s1. The summed E-state index contributed by atoms with van der Waals surface area (Å²) in [7, 11) is 0. The highest BCUT2D eigenvalue weighted by atomic mass is 16.3. The second kappa shape index (κ2) is 5.18. The topological polar surface area (TPSA) is 37.3 Å². The summed E-state index contributed by atoms with van der Waals surface area (Å²) in [5.74, 6) is 2.86. The highest BCUT2D eigenvalue weighted by Crippen LogP contribution is 2.66. The van der Waals surface area contributed by atoms with Crippen molar-refractivity contribution < 1.29 is 9.90 Å². The summed E-state index contributed by atoms with van der Waals surface area (Å²) in [6, 6.07) is 0. The molecule has 2 nitrogen and oxygen atoms in total. The second-order valence-corrected chi connectivity index (χ2v) is 9.34. The number of ketones is 1. The van der Waals surface area contributed by atoms with Crippen LogP contribution < -0.4 is 0 Å². The van der Waals surface area contributed by atoms with Crippen LogP contribution in [0.3, 0.4) is 0 Å². The molecular weight excluding hydrogens is 284 g/mol. The summed E-state index contributed by atoms with van der Waals surface area (Å²) in [4.78, 5) is 11.9. The molecule has 0 radical (unpaired) electrons. The first-order chi connectivity index (χ1) is 10.9. The fourth-order valence-corrected chi connectivity index (χ4v) is 7.38. The van der Waals surface area contributed by atoms with Crippen molar-refractivity contribution >= 4 is 5.78 Å². The van der Waals surface area contributed by atoms with Gasteiger partial charge < -0.3 is 5.11 Å². The van der Waals surface area contributed by atoms with Crippen LogP contribution in [0.5, 0.6) is 0 Å². The Hall–Kier alpha value is -0.630. The average molecular weight is 316 g/mol. The van der Waals surface area contributed by atoms with Crippen molar-refractivity contribution in [2.24, 2.45) is 34.5 Å². The van der Waals surface area contributed by atoms with Crippen LogP contribution in [-0.4, -0.2) is 17.0 Å². The largest absolute Gasteiger partial charge is 0.393 e. The molecule has 0 saturated heterocycles. The van der Waals surface area contributed by atoms with Gasteiger partial charge in [0.15, 0.2) is 5.78 Å². The van der Waals surface area contributed by atoms with Crippen molar-refractivity contribution in [2.45, 2.75) is 78.2 Å². The SMILES string of the molecule is CC[C@H]1C[C@H](O)[C@H]2[C@@H]3CCC4=CC(=O)CC[C@]4(C)[C@H]3CC[C@]12C. The lowest BCUT2D eigenvalue weighted by molar-refractivity contribution is -0.118. The number of hydrogen-bond acceptors (Lipinski definition) is 2. The molecule has 0 heterocycles. The molecule has 4 rings (SSSR count). The third-order valence-corrected chi connectivity index (χ3v) is 8.62. The number of aliphatic hydroxyl groups excluding tert-OH is 1. The molecule has 0 spiro atoms. The minimum atomic E-state index is -0.0999. The van der Waals surface area contributed by atoms with Gasteiger partial charge in [-0.1, -0.05) is 32.8 Å². The first-order valence-corrected chi connectivity index (χ1v) is 9.82. The monoisotopic (exact) mass is 316 g/mol. The Morgan fingerprint density at radius 1 is 1.22 bits per heavy atom. The minimum absolute atomic E-state index is 0.0999. The number of carbonyl (C=O) groups is 1. The summed E-state index contributed by atoms with van der Waals surface area (Å²) in [5, 5.41) is 10.9. The zero-order chi connectivity index (χ0) is 16.4. The van der Waals surface area contributed by atoms with E-state index in [1.165, 1.54) is 31.3 Å². The Balaban J connectivity index is 1.70. The van der Waals surface area contributed by atoms with E-state index in [1.54, 1.807) is 0 Å². The molecule has 3 fully saturated rings. The molecule has 0 aromatic carbocycles. The van der Waals surface area contributed by atoms with Crippen molar-refractivity contribution in [3.05, 3.63) is 11.6 Å². The van der Waals surface area contributed by atoms with Crippen molar-refractivity contribution in [3.63, 3.8) is 0 Å². The fourth-order valence-electron chi connectivity index (χ4n) is 7.38. The highest BCUT2D eigenvalue weighted by molar-refractivity contribution is 5.91. The maximum Gasteiger partial charge on any atom is 0.155 e. The number of rotatable bonds is 1. The van der Waals surface area contributed by atoms with Crippen LogP contribution in [-0.2, 0) is 4.79 Å². The van der Waals surface area contributed by atoms with Gasteiger partial charge in [0, 0.05) is 6.42 Å². The lowest BCUT2D eigenvalue weighted by atomic mass is 9.46. The fraction of sp³-hybridized carbons (Fsp3) is 0.857. The molecule has 3 saturated carbocycles. The molecular formula is C21H32O2. The van der Waals surface area contributed by atoms with E-state index in [-0.39, 0.29) is 11.5 Å². The molecule has 1 N–H and O–H groups in total. The van der Waals surface area contributed by atoms with Crippen LogP contribution in [0.1, 0.15) is 72.1 Å². The summed E-state index contributed by atoms with van der Waals surface area (Å²) in [6.45, 7) is 7.19. The zero-order valence-corrected chi connectivity index (χ0v) is 15.0. The summed E-state index contributed by atoms with van der Waals surface area (Å²) >= 11 is 0. The van der Waals surface area contributed by atoms with Crippen molar-refractivity contribution in [1.29, 1.82) is 0 Å². The quantitative estimate of drug-likeness (QED) is 0.772. The summed E-state index contributed by atoms with van der Waals surface area (Å²) in [5.41, 5.74) is 2.00. The van der Waals surface area contributed by atoms with Gasteiger partial charge in [0.05, 0.1) is 6.10 Å². The Morgan fingerprint density at radius 2 is 2.00 bits per heavy atom. The van der Waals surface area contributed by atoms with Crippen molar-refractivity contribution in [2.75, 3.05) is 0 Å². The van der Waals surface area contributed by atoms with Crippen LogP contribution in [0.2, 0.25) is 0 Å². The Labute approximate surface area is 140 Å². The molecule has 7 atom stereocenters. The van der Waals surface area contributed by atoms with Gasteiger partial charge in [-0.25, -0.2) is 0 Å². The van der Waals surface area contributed by atoms with Crippen LogP contribution in [0, 0.1) is 34.5 Å². The van der Waals surface area contributed by atoms with Crippen LogP contribution >= 0.6 is 0 Å². The number of hydrogen-bond donors (Lipinski definition) is 1. The van der Waals surface area contributed by atoms with Gasteiger partial charge in [-0.15, -0.1) is 0 Å². The van der Waals surface area contributed by atoms with E-state index in [0.29, 0.717) is 34.9 Å². The number of carbonyl (C=O) groups excluding carboxylic acids is 1. The van der Waals surface area contributed by atoms with E-state index in [2.05, 4.69) is 20.8 Å². The Bertz CT molecular complexity index is 550. The summed E-state index contributed by atoms with van der Waals surface area (Å²) in [6.07, 6.45) is 10.7. The maximum absolute atomic E-state index is 11.9. The molecule has 23 heavy (non-hydrogen) atoms. The number of aliphatic hydroxyl groups is 1. The zero-order valence-electron chi connectivity index (χ0n) is 15.0. The third kappa shape index (κ3) is 2.06. The number of allylic oxidation sites excluding steroid dienone is 1. The van der Waals surface area contributed by atoms with Gasteiger partial charge in [0.25, 0.3) is 0 Å². The van der Waals surface area contributed by atoms with Crippen LogP contribution in [0.4, 0.5) is 0 Å². The van der Waals surface area contributed by atoms with E-state index < -0.39 is 0 Å². The molecule has 4 aliphatic carbocycles. The van der Waals surface area contributed by atoms with E-state index in [4.69, 9.17) is 0 Å². The normalized spacial score (nSPS) is 52.4. The molecule has 0 bridgehead atoms. The van der Waals surface area contributed by atoms with Gasteiger partial charge in [-0.3, -0.25) is 4.79 Å². The van der Waals surface area contributed by atoms with Gasteiger partial charge in [0.1, 0.15) is 0 Å². The predicted molar refractivity (Wildman–Crippen MR) is 91.9 cm³/mol. The average Bonchev–Trinajstić information content (AvgIpc) is 2.79. The molecule has 2 heteroatoms. The molecule has 128 valence electrons. The van der Waals surface area contributed by atoms with Crippen LogP contribution in [0.15, 0.2) is 11.6 Å². The molecule has 0 unspecified atom stereocenters. The Kier molecular flexibility index (Phi) is 3.58. The molecule has 0 aliphatic heterocycles. The first-order valence-electron chi connectivity index (χ1n) is 9.82. The van der Waals surface area contributed by atoms with E-state index in [1.807, 2.05) is 6.08 Å². The molecule has 4 aliphatic rings. The van der Waals surface area contributed by atoms with E-state index >= 15 is 0 Å². The predicted octanol–water partition coefficient (Wildman–Crippen LogP) is 4.52. The summed E-state index contributed by atoms with van der Waals surface area (Å²) < 4.78 is 0. The van der Waals surface area contributed by atoms with Gasteiger partial charge in [0.2, 0.25) is 0 Å². The minimum Gasteiger partial charge on any atom is -0.393 e. The van der Waals surface area contributed by atoms with Crippen molar-refractivity contribution in [3.8, 4) is 0 Å². The highest BCUT2D eigenvalue weighted by Gasteiger charge is 2.61. The number of fused-ring (bicyclic) bond motifs is 5. The van der Waals surface area contributed by atoms with E-state index in [0.717, 1.165) is 25.7 Å². The third-order valence-electron chi connectivity index (χ3n) is 8.62. The van der Waals surface area contributed by atoms with Gasteiger partial charge >= 0.3 is 0 Å². The molecule has 0 amide bonds. The smallest absolute Gasteiger partial charge is 0.155 e.